The third-order valence-corrected chi connectivity index (χ3v) is 2.40. The molecule has 0 radical (unpaired) electrons. The number of ketones is 1. The van der Waals surface area contributed by atoms with Crippen LogP contribution in [0.3, 0.4) is 0 Å². The fourth-order valence-electron chi connectivity index (χ4n) is 1.66. The lowest BCUT2D eigenvalue weighted by atomic mass is 9.90. The van der Waals surface area contributed by atoms with Crippen LogP contribution in [0.2, 0.25) is 0 Å². The third kappa shape index (κ3) is 1.31. The first-order chi connectivity index (χ1) is 6.59. The highest BCUT2D eigenvalue weighted by molar-refractivity contribution is 5.83. The van der Waals surface area contributed by atoms with Gasteiger partial charge in [-0.2, -0.15) is 0 Å². The number of aryl methyl sites for hydroxylation is 1. The zero-order valence-electron chi connectivity index (χ0n) is 7.24. The standard InChI is InChI=1S/C10H7F3O/c11-8-3-5-1-2-6(14)4-7(5)9(12)10(8)13/h3H,1-2,4H2. The van der Waals surface area contributed by atoms with Crippen LogP contribution < -0.4 is 0 Å². The number of carbonyl (C=O) groups is 1. The molecular weight excluding hydrogens is 193 g/mol. The summed E-state index contributed by atoms with van der Waals surface area (Å²) in [6, 6.07) is 0.972. The molecule has 0 atom stereocenters. The van der Waals surface area contributed by atoms with Crippen LogP contribution in [0.25, 0.3) is 0 Å². The Balaban J connectivity index is 2.60. The third-order valence-electron chi connectivity index (χ3n) is 2.40. The lowest BCUT2D eigenvalue weighted by molar-refractivity contribution is -0.118. The zero-order chi connectivity index (χ0) is 10.3. The van der Waals surface area contributed by atoms with E-state index < -0.39 is 17.5 Å². The fraction of sp³-hybridized carbons (Fsp3) is 0.300. The van der Waals surface area contributed by atoms with Crippen molar-refractivity contribution >= 4 is 5.78 Å². The topological polar surface area (TPSA) is 17.1 Å². The Morgan fingerprint density at radius 3 is 2.50 bits per heavy atom. The van der Waals surface area contributed by atoms with E-state index in [0.29, 0.717) is 12.0 Å². The van der Waals surface area contributed by atoms with Gasteiger partial charge in [-0.15, -0.1) is 0 Å². The fourth-order valence-corrected chi connectivity index (χ4v) is 1.66. The molecule has 0 amide bonds. The molecule has 0 saturated carbocycles. The molecule has 0 bridgehead atoms. The van der Waals surface area contributed by atoms with E-state index in [1.54, 1.807) is 0 Å². The highest BCUT2D eigenvalue weighted by Gasteiger charge is 2.23. The van der Waals surface area contributed by atoms with Gasteiger partial charge in [0.2, 0.25) is 0 Å². The normalized spacial score (nSPS) is 15.5. The van der Waals surface area contributed by atoms with E-state index in [9.17, 15) is 18.0 Å². The SMILES string of the molecule is O=C1CCc2cc(F)c(F)c(F)c2C1. The molecule has 1 aromatic rings. The summed E-state index contributed by atoms with van der Waals surface area (Å²) < 4.78 is 38.7. The second-order valence-electron chi connectivity index (χ2n) is 3.34. The molecule has 0 fully saturated rings. The van der Waals surface area contributed by atoms with Gasteiger partial charge >= 0.3 is 0 Å². The molecular formula is C10H7F3O. The molecule has 1 aliphatic carbocycles. The highest BCUT2D eigenvalue weighted by atomic mass is 19.2. The molecule has 0 aliphatic heterocycles. The Morgan fingerprint density at radius 2 is 1.79 bits per heavy atom. The molecule has 2 rings (SSSR count). The minimum absolute atomic E-state index is 0.0140. The summed E-state index contributed by atoms with van der Waals surface area (Å²) in [5.41, 5.74) is 0.418. The molecule has 14 heavy (non-hydrogen) atoms. The van der Waals surface area contributed by atoms with Gasteiger partial charge in [-0.3, -0.25) is 4.79 Å². The van der Waals surface area contributed by atoms with E-state index in [-0.39, 0.29) is 24.2 Å². The molecule has 4 heteroatoms. The number of Topliss-reactive ketones (excluding diaryl/α,β-unsaturated/α-hetero) is 1. The maximum absolute atomic E-state index is 13.2. The number of hydrogen-bond donors (Lipinski definition) is 0. The van der Waals surface area contributed by atoms with Gasteiger partial charge in [-0.25, -0.2) is 13.2 Å². The summed E-state index contributed by atoms with van der Waals surface area (Å²) in [5, 5.41) is 0. The summed E-state index contributed by atoms with van der Waals surface area (Å²) in [7, 11) is 0. The molecule has 1 nitrogen and oxygen atoms in total. The van der Waals surface area contributed by atoms with Crippen LogP contribution in [0.15, 0.2) is 6.07 Å². The average molecular weight is 200 g/mol. The molecule has 1 aliphatic rings. The minimum atomic E-state index is -1.49. The van der Waals surface area contributed by atoms with Gasteiger partial charge < -0.3 is 0 Å². The quantitative estimate of drug-likeness (QED) is 0.586. The maximum atomic E-state index is 13.2. The van der Waals surface area contributed by atoms with Crippen molar-refractivity contribution in [2.75, 3.05) is 0 Å². The molecule has 0 spiro atoms. The Labute approximate surface area is 78.5 Å². The van der Waals surface area contributed by atoms with Gasteiger partial charge in [0.1, 0.15) is 5.78 Å². The first-order valence-corrected chi connectivity index (χ1v) is 4.26. The highest BCUT2D eigenvalue weighted by Crippen LogP contribution is 2.25. The predicted octanol–water partition coefficient (Wildman–Crippen LogP) is 2.16. The summed E-state index contributed by atoms with van der Waals surface area (Å²) >= 11 is 0. The van der Waals surface area contributed by atoms with Gasteiger partial charge in [-0.1, -0.05) is 0 Å². The van der Waals surface area contributed by atoms with Crippen LogP contribution in [0.5, 0.6) is 0 Å². The van der Waals surface area contributed by atoms with Crippen LogP contribution in [-0.4, -0.2) is 5.78 Å². The first kappa shape index (κ1) is 9.24. The van der Waals surface area contributed by atoms with Gasteiger partial charge in [0, 0.05) is 18.4 Å². The Hall–Kier alpha value is -1.32. The Morgan fingerprint density at radius 1 is 1.07 bits per heavy atom. The van der Waals surface area contributed by atoms with Crippen LogP contribution in [-0.2, 0) is 17.6 Å². The first-order valence-electron chi connectivity index (χ1n) is 4.26. The van der Waals surface area contributed by atoms with Gasteiger partial charge in [0.05, 0.1) is 0 Å². The van der Waals surface area contributed by atoms with E-state index in [2.05, 4.69) is 0 Å². The van der Waals surface area contributed by atoms with Crippen molar-refractivity contribution in [2.45, 2.75) is 19.3 Å². The lowest BCUT2D eigenvalue weighted by Gasteiger charge is -2.15. The van der Waals surface area contributed by atoms with Gasteiger partial charge in [-0.05, 0) is 18.1 Å². The van der Waals surface area contributed by atoms with Gasteiger partial charge in [0.15, 0.2) is 17.5 Å². The van der Waals surface area contributed by atoms with E-state index in [1.807, 2.05) is 0 Å². The summed E-state index contributed by atoms with van der Waals surface area (Å²) in [6.07, 6.45) is 0.443. The van der Waals surface area contributed by atoms with Crippen molar-refractivity contribution in [3.63, 3.8) is 0 Å². The second-order valence-corrected chi connectivity index (χ2v) is 3.34. The summed E-state index contributed by atoms with van der Waals surface area (Å²) in [4.78, 5) is 11.0. The number of halogens is 3. The Bertz CT molecular complexity index is 412. The number of benzene rings is 1. The second kappa shape index (κ2) is 3.12. The molecule has 0 heterocycles. The van der Waals surface area contributed by atoms with Crippen molar-refractivity contribution in [1.82, 2.24) is 0 Å². The van der Waals surface area contributed by atoms with E-state index in [0.717, 1.165) is 6.07 Å². The van der Waals surface area contributed by atoms with Gasteiger partial charge in [0.25, 0.3) is 0 Å². The predicted molar refractivity (Wildman–Crippen MR) is 43.3 cm³/mol. The largest absolute Gasteiger partial charge is 0.299 e. The van der Waals surface area contributed by atoms with Crippen molar-refractivity contribution < 1.29 is 18.0 Å². The van der Waals surface area contributed by atoms with Crippen LogP contribution in [0, 0.1) is 17.5 Å². The monoisotopic (exact) mass is 200 g/mol. The lowest BCUT2D eigenvalue weighted by Crippen LogP contribution is -2.16. The molecule has 0 aromatic heterocycles. The van der Waals surface area contributed by atoms with E-state index in [1.165, 1.54) is 0 Å². The van der Waals surface area contributed by atoms with Crippen molar-refractivity contribution in [2.24, 2.45) is 0 Å². The molecule has 0 N–H and O–H groups in total. The van der Waals surface area contributed by atoms with Crippen molar-refractivity contribution in [3.05, 3.63) is 34.6 Å². The zero-order valence-corrected chi connectivity index (χ0v) is 7.24. The molecule has 74 valence electrons. The summed E-state index contributed by atoms with van der Waals surface area (Å²) in [6.45, 7) is 0. The average Bonchev–Trinajstić information content (AvgIpc) is 2.16. The van der Waals surface area contributed by atoms with Crippen molar-refractivity contribution in [1.29, 1.82) is 0 Å². The minimum Gasteiger partial charge on any atom is -0.299 e. The Kier molecular flexibility index (Phi) is 2.06. The summed E-state index contributed by atoms with van der Waals surface area (Å²) in [5.74, 6) is -4.02. The number of fused-ring (bicyclic) bond motifs is 1. The smallest absolute Gasteiger partial charge is 0.194 e. The number of rotatable bonds is 0. The number of carbonyl (C=O) groups excluding carboxylic acids is 1. The van der Waals surface area contributed by atoms with E-state index >= 15 is 0 Å². The van der Waals surface area contributed by atoms with Crippen LogP contribution in [0.1, 0.15) is 17.5 Å². The van der Waals surface area contributed by atoms with Crippen LogP contribution in [0.4, 0.5) is 13.2 Å². The molecule has 0 unspecified atom stereocenters. The maximum Gasteiger partial charge on any atom is 0.194 e. The van der Waals surface area contributed by atoms with Crippen LogP contribution >= 0.6 is 0 Å². The number of hydrogen-bond acceptors (Lipinski definition) is 1. The molecule has 1 aromatic carbocycles. The van der Waals surface area contributed by atoms with E-state index in [4.69, 9.17) is 0 Å². The van der Waals surface area contributed by atoms with Crippen molar-refractivity contribution in [3.8, 4) is 0 Å². The molecule has 0 saturated heterocycles.